The van der Waals surface area contributed by atoms with Crippen LogP contribution >= 0.6 is 0 Å². The van der Waals surface area contributed by atoms with Crippen LogP contribution in [0.1, 0.15) is 23.2 Å². The van der Waals surface area contributed by atoms with Gasteiger partial charge in [-0.3, -0.25) is 14.9 Å². The van der Waals surface area contributed by atoms with E-state index in [1.54, 1.807) is 0 Å². The van der Waals surface area contributed by atoms with Crippen molar-refractivity contribution in [1.82, 2.24) is 4.31 Å². The van der Waals surface area contributed by atoms with Crippen LogP contribution < -0.4 is 5.32 Å². The largest absolute Gasteiger partial charge is 0.322 e. The van der Waals surface area contributed by atoms with Crippen molar-refractivity contribution >= 4 is 27.3 Å². The van der Waals surface area contributed by atoms with Crippen LogP contribution in [0.3, 0.4) is 0 Å². The first-order chi connectivity index (χ1) is 12.4. The van der Waals surface area contributed by atoms with Crippen molar-refractivity contribution in [2.24, 2.45) is 0 Å². The van der Waals surface area contributed by atoms with Crippen molar-refractivity contribution in [2.45, 2.75) is 17.7 Å². The van der Waals surface area contributed by atoms with Gasteiger partial charge in [0.15, 0.2) is 0 Å². The van der Waals surface area contributed by atoms with E-state index in [0.717, 1.165) is 12.8 Å². The van der Waals surface area contributed by atoms with E-state index in [-0.39, 0.29) is 21.8 Å². The number of carbonyl (C=O) groups is 1. The fourth-order valence-electron chi connectivity index (χ4n) is 2.76. The van der Waals surface area contributed by atoms with E-state index in [1.807, 2.05) is 0 Å². The molecule has 1 aliphatic heterocycles. The standard InChI is InChI=1S/C17H17N3O5S/c21-17(18-14-4-3-5-15(12-14)20(22)23)13-6-8-16(9-7-13)26(24,25)19-10-1-2-11-19/h3-9,12H,1-2,10-11H2,(H,18,21). The number of anilines is 1. The quantitative estimate of drug-likeness (QED) is 0.638. The van der Waals surface area contributed by atoms with Gasteiger partial charge in [0.05, 0.1) is 9.82 Å². The van der Waals surface area contributed by atoms with Crippen molar-refractivity contribution in [3.05, 3.63) is 64.2 Å². The maximum absolute atomic E-state index is 12.5. The zero-order chi connectivity index (χ0) is 18.7. The molecule has 136 valence electrons. The minimum Gasteiger partial charge on any atom is -0.322 e. The van der Waals surface area contributed by atoms with E-state index in [1.165, 1.54) is 52.8 Å². The minimum atomic E-state index is -3.53. The van der Waals surface area contributed by atoms with Gasteiger partial charge in [0.25, 0.3) is 11.6 Å². The van der Waals surface area contributed by atoms with Crippen molar-refractivity contribution in [3.63, 3.8) is 0 Å². The Morgan fingerprint density at radius 3 is 2.35 bits per heavy atom. The summed E-state index contributed by atoms with van der Waals surface area (Å²) in [6.45, 7) is 1.02. The first-order valence-corrected chi connectivity index (χ1v) is 9.48. The maximum atomic E-state index is 12.5. The van der Waals surface area contributed by atoms with E-state index >= 15 is 0 Å². The van der Waals surface area contributed by atoms with Crippen molar-refractivity contribution < 1.29 is 18.1 Å². The number of nitro benzene ring substituents is 1. The number of amides is 1. The average Bonchev–Trinajstić information content (AvgIpc) is 3.17. The molecule has 8 nitrogen and oxygen atoms in total. The Hall–Kier alpha value is -2.78. The lowest BCUT2D eigenvalue weighted by Crippen LogP contribution is -2.27. The zero-order valence-electron chi connectivity index (χ0n) is 13.8. The second-order valence-electron chi connectivity index (χ2n) is 5.90. The lowest BCUT2D eigenvalue weighted by Gasteiger charge is -2.15. The summed E-state index contributed by atoms with van der Waals surface area (Å²) in [5, 5.41) is 13.3. The molecule has 1 saturated heterocycles. The molecule has 0 bridgehead atoms. The second kappa shape index (κ2) is 7.22. The van der Waals surface area contributed by atoms with Crippen molar-refractivity contribution in [3.8, 4) is 0 Å². The molecule has 0 atom stereocenters. The number of hydrogen-bond donors (Lipinski definition) is 1. The van der Waals surface area contributed by atoms with Crippen LogP contribution in [0.5, 0.6) is 0 Å². The summed E-state index contributed by atoms with van der Waals surface area (Å²) in [5.41, 5.74) is 0.421. The first-order valence-electron chi connectivity index (χ1n) is 8.04. The van der Waals surface area contributed by atoms with Gasteiger partial charge in [0.1, 0.15) is 0 Å². The Labute approximate surface area is 150 Å². The Morgan fingerprint density at radius 2 is 1.73 bits per heavy atom. The van der Waals surface area contributed by atoms with Gasteiger partial charge in [-0.1, -0.05) is 6.07 Å². The number of nitrogens with zero attached hydrogens (tertiary/aromatic N) is 2. The van der Waals surface area contributed by atoms with E-state index in [0.29, 0.717) is 13.1 Å². The van der Waals surface area contributed by atoms with Crippen LogP contribution in [0, 0.1) is 10.1 Å². The highest BCUT2D eigenvalue weighted by Crippen LogP contribution is 2.22. The molecule has 0 aromatic heterocycles. The SMILES string of the molecule is O=C(Nc1cccc([N+](=O)[O-])c1)c1ccc(S(=O)(=O)N2CCCC2)cc1. The number of nitrogens with one attached hydrogen (secondary N) is 1. The number of carbonyl (C=O) groups excluding carboxylic acids is 1. The molecule has 0 radical (unpaired) electrons. The van der Waals surface area contributed by atoms with Crippen LogP contribution in [0.2, 0.25) is 0 Å². The molecule has 0 spiro atoms. The van der Waals surface area contributed by atoms with Gasteiger partial charge in [-0.05, 0) is 43.2 Å². The molecule has 1 aliphatic rings. The number of nitro groups is 1. The summed E-state index contributed by atoms with van der Waals surface area (Å²) < 4.78 is 26.4. The smallest absolute Gasteiger partial charge is 0.271 e. The molecule has 3 rings (SSSR count). The Bertz CT molecular complexity index is 935. The van der Waals surface area contributed by atoms with Gasteiger partial charge >= 0.3 is 0 Å². The zero-order valence-corrected chi connectivity index (χ0v) is 14.6. The predicted octanol–water partition coefficient (Wildman–Crippen LogP) is 2.63. The summed E-state index contributed by atoms with van der Waals surface area (Å²) >= 11 is 0. The third kappa shape index (κ3) is 3.73. The normalized spacial score (nSPS) is 14.9. The second-order valence-corrected chi connectivity index (χ2v) is 7.84. The highest BCUT2D eigenvalue weighted by molar-refractivity contribution is 7.89. The third-order valence-corrected chi connectivity index (χ3v) is 6.05. The summed E-state index contributed by atoms with van der Waals surface area (Å²) in [4.78, 5) is 22.6. The minimum absolute atomic E-state index is 0.130. The maximum Gasteiger partial charge on any atom is 0.271 e. The number of hydrogen-bond acceptors (Lipinski definition) is 5. The van der Waals surface area contributed by atoms with Gasteiger partial charge < -0.3 is 5.32 Å². The van der Waals surface area contributed by atoms with E-state index < -0.39 is 20.9 Å². The summed E-state index contributed by atoms with van der Waals surface area (Å²) in [6, 6.07) is 11.2. The van der Waals surface area contributed by atoms with Gasteiger partial charge in [-0.2, -0.15) is 4.31 Å². The molecule has 1 fully saturated rings. The third-order valence-electron chi connectivity index (χ3n) is 4.13. The lowest BCUT2D eigenvalue weighted by atomic mass is 10.2. The molecule has 2 aromatic rings. The lowest BCUT2D eigenvalue weighted by molar-refractivity contribution is -0.384. The molecule has 1 amide bonds. The van der Waals surface area contributed by atoms with Crippen molar-refractivity contribution in [2.75, 3.05) is 18.4 Å². The molecule has 26 heavy (non-hydrogen) atoms. The monoisotopic (exact) mass is 375 g/mol. The van der Waals surface area contributed by atoms with Gasteiger partial charge in [0, 0.05) is 36.5 Å². The number of benzene rings is 2. The first kappa shape index (κ1) is 18.0. The van der Waals surface area contributed by atoms with E-state index in [9.17, 15) is 23.3 Å². The van der Waals surface area contributed by atoms with Crippen LogP contribution in [0.4, 0.5) is 11.4 Å². The van der Waals surface area contributed by atoms with Crippen LogP contribution in [0.25, 0.3) is 0 Å². The Kier molecular flexibility index (Phi) is 5.01. The van der Waals surface area contributed by atoms with Crippen LogP contribution in [-0.2, 0) is 10.0 Å². The predicted molar refractivity (Wildman–Crippen MR) is 95.5 cm³/mol. The fourth-order valence-corrected chi connectivity index (χ4v) is 4.27. The van der Waals surface area contributed by atoms with E-state index in [2.05, 4.69) is 5.32 Å². The van der Waals surface area contributed by atoms with Crippen LogP contribution in [-0.4, -0.2) is 36.6 Å². The fraction of sp³-hybridized carbons (Fsp3) is 0.235. The molecule has 0 aliphatic carbocycles. The number of non-ortho nitro benzene ring substituents is 1. The van der Waals surface area contributed by atoms with E-state index in [4.69, 9.17) is 0 Å². The molecule has 2 aromatic carbocycles. The average molecular weight is 375 g/mol. The number of rotatable bonds is 5. The summed E-state index contributed by atoms with van der Waals surface area (Å²) in [5.74, 6) is -0.476. The van der Waals surface area contributed by atoms with Gasteiger partial charge in [-0.15, -0.1) is 0 Å². The van der Waals surface area contributed by atoms with Gasteiger partial charge in [0.2, 0.25) is 10.0 Å². The highest BCUT2D eigenvalue weighted by atomic mass is 32.2. The topological polar surface area (TPSA) is 110 Å². The molecule has 0 unspecified atom stereocenters. The van der Waals surface area contributed by atoms with Gasteiger partial charge in [-0.25, -0.2) is 8.42 Å². The molecule has 0 saturated carbocycles. The van der Waals surface area contributed by atoms with Crippen LogP contribution in [0.15, 0.2) is 53.4 Å². The molecule has 1 N–H and O–H groups in total. The Balaban J connectivity index is 1.75. The number of sulfonamides is 1. The molecule has 9 heteroatoms. The Morgan fingerprint density at radius 1 is 1.08 bits per heavy atom. The van der Waals surface area contributed by atoms with Crippen molar-refractivity contribution in [1.29, 1.82) is 0 Å². The highest BCUT2D eigenvalue weighted by Gasteiger charge is 2.27. The summed E-state index contributed by atoms with van der Waals surface area (Å²) in [7, 11) is -3.53. The molecule has 1 heterocycles. The summed E-state index contributed by atoms with van der Waals surface area (Å²) in [6.07, 6.45) is 1.70. The molecular formula is C17H17N3O5S. The molecular weight excluding hydrogens is 358 g/mol.